The number of benzene rings is 2. The zero-order valence-electron chi connectivity index (χ0n) is 15.4. The van der Waals surface area contributed by atoms with Gasteiger partial charge < -0.3 is 10.1 Å². The van der Waals surface area contributed by atoms with E-state index in [1.807, 2.05) is 32.0 Å². The van der Waals surface area contributed by atoms with E-state index in [1.165, 1.54) is 30.6 Å². The average molecular weight is 418 g/mol. The van der Waals surface area contributed by atoms with Gasteiger partial charge in [0.1, 0.15) is 16.4 Å². The molecule has 4 nitrogen and oxygen atoms in total. The zero-order chi connectivity index (χ0) is 20.4. The molecule has 1 heterocycles. The molecule has 3 aromatic rings. The van der Waals surface area contributed by atoms with Crippen LogP contribution in [0.2, 0.25) is 5.02 Å². The molecular formula is C21H17ClFNO3S. The first-order chi connectivity index (χ1) is 13.3. The van der Waals surface area contributed by atoms with E-state index in [1.54, 1.807) is 5.38 Å². The van der Waals surface area contributed by atoms with Crippen LogP contribution < -0.4 is 5.32 Å². The van der Waals surface area contributed by atoms with E-state index in [4.69, 9.17) is 16.3 Å². The fraction of sp³-hybridized carbons (Fsp3) is 0.143. The number of esters is 1. The second kappa shape index (κ2) is 8.12. The minimum Gasteiger partial charge on any atom is -0.465 e. The number of rotatable bonds is 4. The first kappa shape index (κ1) is 20.0. The lowest BCUT2D eigenvalue weighted by Crippen LogP contribution is -2.16. The highest BCUT2D eigenvalue weighted by molar-refractivity contribution is 7.15. The average Bonchev–Trinajstić information content (AvgIpc) is 3.06. The minimum absolute atomic E-state index is 0.0107. The molecule has 0 radical (unpaired) electrons. The maximum absolute atomic E-state index is 14.1. The molecule has 0 aliphatic heterocycles. The number of hydrogen-bond donors (Lipinski definition) is 1. The van der Waals surface area contributed by atoms with Gasteiger partial charge in [-0.3, -0.25) is 4.79 Å². The van der Waals surface area contributed by atoms with E-state index in [0.29, 0.717) is 5.56 Å². The van der Waals surface area contributed by atoms with Crippen LogP contribution in [-0.2, 0) is 4.74 Å². The lowest BCUT2D eigenvalue weighted by molar-refractivity contribution is 0.0603. The van der Waals surface area contributed by atoms with Crippen LogP contribution >= 0.6 is 22.9 Å². The first-order valence-electron chi connectivity index (χ1n) is 8.36. The van der Waals surface area contributed by atoms with Gasteiger partial charge in [0.25, 0.3) is 5.91 Å². The Bertz CT molecular complexity index is 1060. The molecule has 3 rings (SSSR count). The molecular weight excluding hydrogens is 401 g/mol. The molecule has 0 unspecified atom stereocenters. The highest BCUT2D eigenvalue weighted by Crippen LogP contribution is 2.38. The molecule has 28 heavy (non-hydrogen) atoms. The van der Waals surface area contributed by atoms with Crippen molar-refractivity contribution in [3.63, 3.8) is 0 Å². The second-order valence-corrected chi connectivity index (χ2v) is 7.50. The van der Waals surface area contributed by atoms with E-state index in [9.17, 15) is 14.0 Å². The monoisotopic (exact) mass is 417 g/mol. The maximum atomic E-state index is 14.1. The predicted octanol–water partition coefficient (Wildman–Crippen LogP) is 5.86. The summed E-state index contributed by atoms with van der Waals surface area (Å²) < 4.78 is 19.0. The van der Waals surface area contributed by atoms with Crippen LogP contribution in [0.5, 0.6) is 0 Å². The van der Waals surface area contributed by atoms with Crippen molar-refractivity contribution in [2.24, 2.45) is 0 Å². The van der Waals surface area contributed by atoms with Crippen LogP contribution in [0.3, 0.4) is 0 Å². The van der Waals surface area contributed by atoms with Crippen molar-refractivity contribution in [1.29, 1.82) is 0 Å². The van der Waals surface area contributed by atoms with Gasteiger partial charge in [-0.05, 0) is 37.1 Å². The van der Waals surface area contributed by atoms with Gasteiger partial charge in [0, 0.05) is 10.9 Å². The molecule has 1 N–H and O–H groups in total. The lowest BCUT2D eigenvalue weighted by Gasteiger charge is -2.11. The van der Waals surface area contributed by atoms with Gasteiger partial charge in [-0.1, -0.05) is 41.4 Å². The molecule has 0 atom stereocenters. The summed E-state index contributed by atoms with van der Waals surface area (Å²) in [6, 6.07) is 9.89. The lowest BCUT2D eigenvalue weighted by atomic mass is 9.97. The van der Waals surface area contributed by atoms with Crippen LogP contribution in [0, 0.1) is 19.7 Å². The Morgan fingerprint density at radius 3 is 2.54 bits per heavy atom. The van der Waals surface area contributed by atoms with Crippen LogP contribution in [-0.4, -0.2) is 19.0 Å². The molecule has 0 bridgehead atoms. The molecule has 0 spiro atoms. The van der Waals surface area contributed by atoms with Gasteiger partial charge in [0.05, 0.1) is 17.7 Å². The van der Waals surface area contributed by atoms with E-state index in [2.05, 4.69) is 5.32 Å². The minimum atomic E-state index is -0.740. The normalized spacial score (nSPS) is 10.6. The predicted molar refractivity (Wildman–Crippen MR) is 110 cm³/mol. The molecule has 144 valence electrons. The van der Waals surface area contributed by atoms with Crippen molar-refractivity contribution in [3.8, 4) is 11.1 Å². The number of carbonyl (C=O) groups is 2. The fourth-order valence-electron chi connectivity index (χ4n) is 2.86. The molecule has 0 aliphatic rings. The molecule has 0 saturated heterocycles. The molecule has 0 fully saturated rings. The van der Waals surface area contributed by atoms with Crippen molar-refractivity contribution < 1.29 is 18.7 Å². The molecule has 0 saturated carbocycles. The van der Waals surface area contributed by atoms with Crippen molar-refractivity contribution in [2.45, 2.75) is 13.8 Å². The Morgan fingerprint density at radius 1 is 1.11 bits per heavy atom. The molecule has 1 amide bonds. The SMILES string of the molecule is COC(=O)c1c(-c2cc(C)ccc2C)csc1NC(=O)c1c(F)cccc1Cl. The van der Waals surface area contributed by atoms with E-state index >= 15 is 0 Å². The topological polar surface area (TPSA) is 55.4 Å². The van der Waals surface area contributed by atoms with Crippen LogP contribution in [0.4, 0.5) is 9.39 Å². The number of hydrogen-bond acceptors (Lipinski definition) is 4. The summed E-state index contributed by atoms with van der Waals surface area (Å²) in [4.78, 5) is 25.1. The van der Waals surface area contributed by atoms with Gasteiger partial charge in [-0.15, -0.1) is 11.3 Å². The Kier molecular flexibility index (Phi) is 5.82. The summed E-state index contributed by atoms with van der Waals surface area (Å²) in [6.45, 7) is 3.89. The largest absolute Gasteiger partial charge is 0.465 e. The van der Waals surface area contributed by atoms with Gasteiger partial charge in [0.15, 0.2) is 0 Å². The van der Waals surface area contributed by atoms with Crippen molar-refractivity contribution in [2.75, 3.05) is 12.4 Å². The molecule has 7 heteroatoms. The summed E-state index contributed by atoms with van der Waals surface area (Å²) in [7, 11) is 1.27. The van der Waals surface area contributed by atoms with Gasteiger partial charge in [0.2, 0.25) is 0 Å². The highest BCUT2D eigenvalue weighted by atomic mass is 35.5. The molecule has 0 aliphatic carbocycles. The Balaban J connectivity index is 2.08. The Morgan fingerprint density at radius 2 is 1.86 bits per heavy atom. The van der Waals surface area contributed by atoms with Crippen molar-refractivity contribution in [1.82, 2.24) is 0 Å². The van der Waals surface area contributed by atoms with Crippen LogP contribution in [0.25, 0.3) is 11.1 Å². The van der Waals surface area contributed by atoms with Gasteiger partial charge >= 0.3 is 5.97 Å². The molecule has 1 aromatic heterocycles. The zero-order valence-corrected chi connectivity index (χ0v) is 17.0. The quantitative estimate of drug-likeness (QED) is 0.540. The standard InChI is InChI=1S/C21H17ClFNO3S/c1-11-7-8-12(2)13(9-11)14-10-28-20(17(14)21(26)27-3)24-19(25)18-15(22)5-4-6-16(18)23/h4-10H,1-3H3,(H,24,25). The molecule has 2 aromatic carbocycles. The number of thiophene rings is 1. The smallest absolute Gasteiger partial charge is 0.341 e. The third-order valence-corrected chi connectivity index (χ3v) is 5.49. The van der Waals surface area contributed by atoms with Crippen LogP contribution in [0.1, 0.15) is 31.8 Å². The summed E-state index contributed by atoms with van der Waals surface area (Å²) >= 11 is 7.14. The van der Waals surface area contributed by atoms with Crippen molar-refractivity contribution in [3.05, 3.63) is 74.9 Å². The second-order valence-electron chi connectivity index (χ2n) is 6.21. The number of anilines is 1. The summed E-state index contributed by atoms with van der Waals surface area (Å²) in [5, 5.41) is 4.63. The maximum Gasteiger partial charge on any atom is 0.341 e. The highest BCUT2D eigenvalue weighted by Gasteiger charge is 2.25. The van der Waals surface area contributed by atoms with E-state index in [-0.39, 0.29) is 21.2 Å². The number of aryl methyl sites for hydroxylation is 2. The number of methoxy groups -OCH3 is 1. The number of ether oxygens (including phenoxy) is 1. The summed E-state index contributed by atoms with van der Waals surface area (Å²) in [5.74, 6) is -2.06. The number of carbonyl (C=O) groups excluding carboxylic acids is 2. The van der Waals surface area contributed by atoms with Crippen molar-refractivity contribution >= 4 is 39.8 Å². The summed E-state index contributed by atoms with van der Waals surface area (Å²) in [6.07, 6.45) is 0. The Labute approximate surface area is 170 Å². The Hall–Kier alpha value is -2.70. The van der Waals surface area contributed by atoms with E-state index in [0.717, 1.165) is 22.8 Å². The van der Waals surface area contributed by atoms with E-state index < -0.39 is 17.7 Å². The summed E-state index contributed by atoms with van der Waals surface area (Å²) in [5.41, 5.74) is 3.47. The van der Waals surface area contributed by atoms with Gasteiger partial charge in [-0.2, -0.15) is 0 Å². The number of nitrogens with one attached hydrogen (secondary N) is 1. The third-order valence-electron chi connectivity index (χ3n) is 4.28. The number of halogens is 2. The first-order valence-corrected chi connectivity index (χ1v) is 9.62. The van der Waals surface area contributed by atoms with Gasteiger partial charge in [-0.25, -0.2) is 9.18 Å². The fourth-order valence-corrected chi connectivity index (χ4v) is 4.05. The third kappa shape index (κ3) is 3.79. The number of amides is 1. The van der Waals surface area contributed by atoms with Crippen LogP contribution in [0.15, 0.2) is 41.8 Å².